The van der Waals surface area contributed by atoms with Crippen LogP contribution in [-0.2, 0) is 0 Å². The second-order valence-corrected chi connectivity index (χ2v) is 10.5. The fraction of sp³-hybridized carbons (Fsp3) is 0.400. The van der Waals surface area contributed by atoms with Gasteiger partial charge in [0, 0.05) is 74.3 Å². The lowest BCUT2D eigenvalue weighted by molar-refractivity contribution is 0.0664. The summed E-state index contributed by atoms with van der Waals surface area (Å²) in [6.07, 6.45) is 7.68. The molecule has 6 rings (SSSR count). The first-order valence-corrected chi connectivity index (χ1v) is 13.8. The van der Waals surface area contributed by atoms with Gasteiger partial charge in [0.15, 0.2) is 0 Å². The molecule has 1 aliphatic heterocycles. The number of anilines is 1. The highest BCUT2D eigenvalue weighted by molar-refractivity contribution is 5.97. The molecule has 2 aliphatic rings. The van der Waals surface area contributed by atoms with Crippen LogP contribution in [0, 0.1) is 0 Å². The van der Waals surface area contributed by atoms with Gasteiger partial charge in [0.25, 0.3) is 5.91 Å². The van der Waals surface area contributed by atoms with Crippen molar-refractivity contribution < 1.29 is 9.53 Å². The van der Waals surface area contributed by atoms with Crippen molar-refractivity contribution >= 4 is 22.6 Å². The third-order valence-electron chi connectivity index (χ3n) is 7.96. The van der Waals surface area contributed by atoms with E-state index in [0.29, 0.717) is 11.4 Å². The Morgan fingerprint density at radius 2 is 1.74 bits per heavy atom. The summed E-state index contributed by atoms with van der Waals surface area (Å²) in [6, 6.07) is 16.0. The van der Waals surface area contributed by atoms with Crippen LogP contribution >= 0.6 is 0 Å². The normalized spacial score (nSPS) is 20.2. The van der Waals surface area contributed by atoms with E-state index in [0.717, 1.165) is 79.8 Å². The van der Waals surface area contributed by atoms with Crippen molar-refractivity contribution in [1.29, 1.82) is 0 Å². The predicted molar refractivity (Wildman–Crippen MR) is 152 cm³/mol. The first-order chi connectivity index (χ1) is 19.1. The minimum atomic E-state index is 0.0926. The van der Waals surface area contributed by atoms with E-state index in [4.69, 9.17) is 9.84 Å². The molecule has 1 saturated heterocycles. The maximum absolute atomic E-state index is 13.0. The molecule has 0 atom stereocenters. The highest BCUT2D eigenvalue weighted by Crippen LogP contribution is 2.36. The fourth-order valence-corrected chi connectivity index (χ4v) is 5.62. The summed E-state index contributed by atoms with van der Waals surface area (Å²) in [5.41, 5.74) is 3.66. The van der Waals surface area contributed by atoms with Gasteiger partial charge in [-0.3, -0.25) is 9.48 Å². The van der Waals surface area contributed by atoms with Crippen molar-refractivity contribution in [2.75, 3.05) is 45.6 Å². The van der Waals surface area contributed by atoms with Crippen molar-refractivity contribution in [3.63, 3.8) is 0 Å². The van der Waals surface area contributed by atoms with Crippen molar-refractivity contribution in [2.24, 2.45) is 0 Å². The van der Waals surface area contributed by atoms with Crippen LogP contribution < -0.4 is 10.1 Å². The number of fused-ring (bicyclic) bond motifs is 1. The molecule has 2 fully saturated rings. The average molecular weight is 526 g/mol. The Hall–Kier alpha value is -3.98. The Morgan fingerprint density at radius 1 is 0.974 bits per heavy atom. The number of ether oxygens (including phenoxy) is 1. The molecule has 4 heterocycles. The standard InChI is InChI=1S/C30H35N7O2/c1-31-27-19-26-25(20-33-27)29(21-6-8-22(9-7-21)30(38)36-17-15-35(2)16-18-36)34-37(26)23-10-12-24(13-11-23)39-28-5-3-4-14-32-28/h3-9,14,19-20,23-24H,10-13,15-18H2,1-2H3,(H,31,33)/t23-,24+. The van der Waals surface area contributed by atoms with E-state index in [9.17, 15) is 4.79 Å². The van der Waals surface area contributed by atoms with Gasteiger partial charge < -0.3 is 19.9 Å². The van der Waals surface area contributed by atoms with E-state index >= 15 is 0 Å². The number of carbonyl (C=O) groups is 1. The SMILES string of the molecule is CNc1cc2c(cn1)c(-c1ccc(C(=O)N3CCN(C)CC3)cc1)nn2[C@H]1CC[C@@H](Oc2ccccn2)CC1. The molecule has 0 spiro atoms. The predicted octanol–water partition coefficient (Wildman–Crippen LogP) is 4.49. The van der Waals surface area contributed by atoms with Gasteiger partial charge in [0.05, 0.1) is 11.6 Å². The molecular formula is C30H35N7O2. The van der Waals surface area contributed by atoms with Crippen LogP contribution in [0.3, 0.4) is 0 Å². The zero-order chi connectivity index (χ0) is 26.8. The molecule has 1 amide bonds. The van der Waals surface area contributed by atoms with E-state index in [1.807, 2.05) is 60.6 Å². The molecule has 0 unspecified atom stereocenters. The van der Waals surface area contributed by atoms with Crippen molar-refractivity contribution in [2.45, 2.75) is 37.8 Å². The number of aromatic nitrogens is 4. The van der Waals surface area contributed by atoms with Gasteiger partial charge in [0.2, 0.25) is 5.88 Å². The number of piperazine rings is 1. The molecule has 3 aromatic heterocycles. The first-order valence-electron chi connectivity index (χ1n) is 13.8. The van der Waals surface area contributed by atoms with Crippen molar-refractivity contribution in [1.82, 2.24) is 29.5 Å². The second-order valence-electron chi connectivity index (χ2n) is 10.5. The van der Waals surface area contributed by atoms with Crippen LogP contribution in [0.1, 0.15) is 42.1 Å². The Kier molecular flexibility index (Phi) is 7.15. The highest BCUT2D eigenvalue weighted by Gasteiger charge is 2.27. The Bertz CT molecular complexity index is 1420. The zero-order valence-electron chi connectivity index (χ0n) is 22.6. The largest absolute Gasteiger partial charge is 0.474 e. The summed E-state index contributed by atoms with van der Waals surface area (Å²) in [7, 11) is 3.97. The minimum absolute atomic E-state index is 0.0926. The maximum atomic E-state index is 13.0. The maximum Gasteiger partial charge on any atom is 0.253 e. The number of nitrogens with zero attached hydrogens (tertiary/aromatic N) is 6. The summed E-state index contributed by atoms with van der Waals surface area (Å²) in [6.45, 7) is 3.35. The minimum Gasteiger partial charge on any atom is -0.474 e. The van der Waals surface area contributed by atoms with Gasteiger partial charge in [-0.1, -0.05) is 18.2 Å². The van der Waals surface area contributed by atoms with Crippen LogP contribution in [0.15, 0.2) is 60.9 Å². The Balaban J connectivity index is 1.23. The number of hydrogen-bond acceptors (Lipinski definition) is 7. The molecule has 1 aromatic carbocycles. The van der Waals surface area contributed by atoms with Gasteiger partial charge in [-0.05, 0) is 50.9 Å². The summed E-state index contributed by atoms with van der Waals surface area (Å²) < 4.78 is 8.30. The number of pyridine rings is 2. The number of hydrogen-bond donors (Lipinski definition) is 1. The third kappa shape index (κ3) is 5.31. The molecular weight excluding hydrogens is 490 g/mol. The molecule has 0 bridgehead atoms. The topological polar surface area (TPSA) is 88.4 Å². The number of amides is 1. The molecule has 202 valence electrons. The molecule has 1 aliphatic carbocycles. The van der Waals surface area contributed by atoms with Gasteiger partial charge in [0.1, 0.15) is 17.6 Å². The van der Waals surface area contributed by atoms with Gasteiger partial charge in [-0.15, -0.1) is 0 Å². The molecule has 4 aromatic rings. The molecule has 1 saturated carbocycles. The number of benzene rings is 1. The van der Waals surface area contributed by atoms with Crippen LogP contribution in [0.5, 0.6) is 5.88 Å². The quantitative estimate of drug-likeness (QED) is 0.397. The lowest BCUT2D eigenvalue weighted by atomic mass is 9.93. The number of carbonyl (C=O) groups excluding carboxylic acids is 1. The van der Waals surface area contributed by atoms with Crippen LogP contribution in [0.2, 0.25) is 0 Å². The van der Waals surface area contributed by atoms with E-state index in [1.165, 1.54) is 0 Å². The molecule has 0 radical (unpaired) electrons. The van der Waals surface area contributed by atoms with Crippen LogP contribution in [0.4, 0.5) is 5.82 Å². The lowest BCUT2D eigenvalue weighted by Crippen LogP contribution is -2.47. The number of rotatable bonds is 6. The fourth-order valence-electron chi connectivity index (χ4n) is 5.62. The Morgan fingerprint density at radius 3 is 2.44 bits per heavy atom. The van der Waals surface area contributed by atoms with E-state index in [-0.39, 0.29) is 18.1 Å². The van der Waals surface area contributed by atoms with Gasteiger partial charge >= 0.3 is 0 Å². The van der Waals surface area contributed by atoms with Crippen molar-refractivity contribution in [3.05, 3.63) is 66.5 Å². The highest BCUT2D eigenvalue weighted by atomic mass is 16.5. The molecule has 9 nitrogen and oxygen atoms in total. The number of likely N-dealkylation sites (N-methyl/N-ethyl adjacent to an activating group) is 1. The molecule has 1 N–H and O–H groups in total. The van der Waals surface area contributed by atoms with E-state index in [1.54, 1.807) is 6.20 Å². The van der Waals surface area contributed by atoms with Gasteiger partial charge in [-0.2, -0.15) is 5.10 Å². The van der Waals surface area contributed by atoms with Crippen LogP contribution in [-0.4, -0.2) is 81.8 Å². The second kappa shape index (κ2) is 11.0. The van der Waals surface area contributed by atoms with Gasteiger partial charge in [-0.25, -0.2) is 9.97 Å². The monoisotopic (exact) mass is 525 g/mol. The summed E-state index contributed by atoms with van der Waals surface area (Å²) >= 11 is 0. The smallest absolute Gasteiger partial charge is 0.253 e. The summed E-state index contributed by atoms with van der Waals surface area (Å²) in [5, 5.41) is 9.31. The van der Waals surface area contributed by atoms with Crippen LogP contribution in [0.25, 0.3) is 22.2 Å². The third-order valence-corrected chi connectivity index (χ3v) is 7.96. The van der Waals surface area contributed by atoms with E-state index < -0.39 is 0 Å². The first kappa shape index (κ1) is 25.3. The lowest BCUT2D eigenvalue weighted by Gasteiger charge is -2.32. The zero-order valence-corrected chi connectivity index (χ0v) is 22.6. The van der Waals surface area contributed by atoms with E-state index in [2.05, 4.69) is 38.0 Å². The van der Waals surface area contributed by atoms with Crippen molar-refractivity contribution in [3.8, 4) is 17.1 Å². The summed E-state index contributed by atoms with van der Waals surface area (Å²) in [5.74, 6) is 1.60. The average Bonchev–Trinajstić information content (AvgIpc) is 3.37. The Labute approximate surface area is 228 Å². The number of nitrogens with one attached hydrogen (secondary N) is 1. The summed E-state index contributed by atoms with van der Waals surface area (Å²) in [4.78, 5) is 26.1. The molecule has 39 heavy (non-hydrogen) atoms. The molecule has 9 heteroatoms.